The molecule has 0 bridgehead atoms. The van der Waals surface area contributed by atoms with Gasteiger partial charge in [0.15, 0.2) is 0 Å². The molecule has 2 aliphatic carbocycles. The summed E-state index contributed by atoms with van der Waals surface area (Å²) in [6.07, 6.45) is 9.59. The molecule has 0 fully saturated rings. The summed E-state index contributed by atoms with van der Waals surface area (Å²) in [6.45, 7) is 0.551. The fraction of sp³-hybridized carbons (Fsp3) is 0.130. The first-order valence-corrected chi connectivity index (χ1v) is 8.49. The quantitative estimate of drug-likeness (QED) is 0.726. The molecule has 0 unspecified atom stereocenters. The molecule has 0 atom stereocenters. The molecule has 0 aliphatic heterocycles. The van der Waals surface area contributed by atoms with Gasteiger partial charge in [0.25, 0.3) is 0 Å². The summed E-state index contributed by atoms with van der Waals surface area (Å²) in [7, 11) is 1.68. The number of allylic oxidation sites excluding steroid dienone is 7. The molecule has 124 valence electrons. The van der Waals surface area contributed by atoms with Crippen LogP contribution in [0.4, 0.5) is 0 Å². The molecule has 4 rings (SSSR count). The van der Waals surface area contributed by atoms with Gasteiger partial charge >= 0.3 is 0 Å². The van der Waals surface area contributed by atoms with Crippen molar-refractivity contribution >= 4 is 5.57 Å². The number of rotatable bonds is 5. The van der Waals surface area contributed by atoms with Crippen molar-refractivity contribution in [1.29, 1.82) is 0 Å². The average molecular weight is 328 g/mol. The number of ether oxygens (including phenoxy) is 2. The topological polar surface area (TPSA) is 18.5 Å². The second-order valence-electron chi connectivity index (χ2n) is 6.11. The van der Waals surface area contributed by atoms with Crippen LogP contribution in [0.3, 0.4) is 0 Å². The first kappa shape index (κ1) is 15.5. The van der Waals surface area contributed by atoms with Crippen molar-refractivity contribution in [2.24, 2.45) is 0 Å². The van der Waals surface area contributed by atoms with Crippen molar-refractivity contribution in [2.75, 3.05) is 7.11 Å². The largest absolute Gasteiger partial charge is 0.497 e. The third kappa shape index (κ3) is 3.16. The molecule has 0 saturated heterocycles. The maximum atomic E-state index is 6.08. The Balaban J connectivity index is 1.56. The van der Waals surface area contributed by atoms with Crippen molar-refractivity contribution < 1.29 is 9.47 Å². The van der Waals surface area contributed by atoms with E-state index in [2.05, 4.69) is 54.6 Å². The van der Waals surface area contributed by atoms with Crippen LogP contribution < -0.4 is 4.74 Å². The van der Waals surface area contributed by atoms with E-state index in [0.717, 1.165) is 23.5 Å². The Morgan fingerprint density at radius 2 is 1.64 bits per heavy atom. The molecule has 0 radical (unpaired) electrons. The minimum Gasteiger partial charge on any atom is -0.497 e. The van der Waals surface area contributed by atoms with Crippen LogP contribution in [-0.4, -0.2) is 7.11 Å². The summed E-state index contributed by atoms with van der Waals surface area (Å²) in [5.41, 5.74) is 6.22. The predicted octanol–water partition coefficient (Wildman–Crippen LogP) is 5.45. The zero-order valence-corrected chi connectivity index (χ0v) is 14.2. The van der Waals surface area contributed by atoms with Gasteiger partial charge in [-0.25, -0.2) is 0 Å². The molecule has 0 amide bonds. The third-order valence-corrected chi connectivity index (χ3v) is 4.56. The predicted molar refractivity (Wildman–Crippen MR) is 101 cm³/mol. The van der Waals surface area contributed by atoms with Crippen LogP contribution in [0.25, 0.3) is 5.57 Å². The van der Waals surface area contributed by atoms with Crippen LogP contribution in [-0.2, 0) is 11.3 Å². The second-order valence-corrected chi connectivity index (χ2v) is 6.11. The van der Waals surface area contributed by atoms with Gasteiger partial charge < -0.3 is 9.47 Å². The monoisotopic (exact) mass is 328 g/mol. The van der Waals surface area contributed by atoms with Gasteiger partial charge in [-0.3, -0.25) is 0 Å². The van der Waals surface area contributed by atoms with E-state index >= 15 is 0 Å². The average Bonchev–Trinajstić information content (AvgIpc) is 3.10. The number of hydrogen-bond acceptors (Lipinski definition) is 2. The Hall–Kier alpha value is -3.00. The normalized spacial score (nSPS) is 15.6. The van der Waals surface area contributed by atoms with Gasteiger partial charge in [0.05, 0.1) is 7.11 Å². The molecule has 0 heterocycles. The molecule has 0 saturated carbocycles. The Kier molecular flexibility index (Phi) is 4.26. The van der Waals surface area contributed by atoms with E-state index in [0.29, 0.717) is 6.61 Å². The van der Waals surface area contributed by atoms with Crippen LogP contribution in [0.2, 0.25) is 0 Å². The summed E-state index contributed by atoms with van der Waals surface area (Å²) in [5, 5.41) is 0. The summed E-state index contributed by atoms with van der Waals surface area (Å²) >= 11 is 0. The fourth-order valence-electron chi connectivity index (χ4n) is 3.23. The summed E-state index contributed by atoms with van der Waals surface area (Å²) in [6, 6.07) is 18.6. The molecule has 0 N–H and O–H groups in total. The van der Waals surface area contributed by atoms with Crippen molar-refractivity contribution in [1.82, 2.24) is 0 Å². The van der Waals surface area contributed by atoms with Crippen LogP contribution in [0.1, 0.15) is 17.5 Å². The SMILES string of the molecule is COc1ccc(COC2=C3C=CCC(c4ccccc4)=C3C=C2)cc1. The molecule has 2 nitrogen and oxygen atoms in total. The van der Waals surface area contributed by atoms with Gasteiger partial charge in [-0.1, -0.05) is 60.7 Å². The first-order chi connectivity index (χ1) is 12.3. The van der Waals surface area contributed by atoms with Gasteiger partial charge in [0, 0.05) is 5.57 Å². The molecule has 25 heavy (non-hydrogen) atoms. The van der Waals surface area contributed by atoms with Crippen LogP contribution >= 0.6 is 0 Å². The number of methoxy groups -OCH3 is 1. The summed E-state index contributed by atoms with van der Waals surface area (Å²) in [5.74, 6) is 1.80. The van der Waals surface area contributed by atoms with Crippen molar-refractivity contribution in [3.8, 4) is 5.75 Å². The third-order valence-electron chi connectivity index (χ3n) is 4.56. The maximum absolute atomic E-state index is 6.08. The molecule has 0 spiro atoms. The lowest BCUT2D eigenvalue weighted by molar-refractivity contribution is 0.210. The van der Waals surface area contributed by atoms with Gasteiger partial charge in [0.2, 0.25) is 0 Å². The van der Waals surface area contributed by atoms with Crippen LogP contribution in [0.15, 0.2) is 95.8 Å². The zero-order valence-electron chi connectivity index (χ0n) is 14.2. The second kappa shape index (κ2) is 6.86. The van der Waals surface area contributed by atoms with E-state index in [4.69, 9.17) is 9.47 Å². The van der Waals surface area contributed by atoms with Gasteiger partial charge in [0.1, 0.15) is 18.1 Å². The van der Waals surface area contributed by atoms with E-state index in [-0.39, 0.29) is 0 Å². The standard InChI is InChI=1S/C23H20O2/c1-24-19-12-10-17(11-13-19)16-25-23-15-14-21-20(8-5-9-22(21)23)18-6-3-2-4-7-18/h2-7,9-15H,8,16H2,1H3. The summed E-state index contributed by atoms with van der Waals surface area (Å²) in [4.78, 5) is 0. The first-order valence-electron chi connectivity index (χ1n) is 8.49. The smallest absolute Gasteiger partial charge is 0.127 e. The molecule has 0 aromatic heterocycles. The fourth-order valence-corrected chi connectivity index (χ4v) is 3.23. The molecule has 2 aromatic rings. The molecule has 2 heteroatoms. The van der Waals surface area contributed by atoms with Gasteiger partial charge in [-0.15, -0.1) is 0 Å². The number of hydrogen-bond donors (Lipinski definition) is 0. The highest BCUT2D eigenvalue weighted by Gasteiger charge is 2.20. The highest BCUT2D eigenvalue weighted by molar-refractivity contribution is 5.81. The Morgan fingerprint density at radius 1 is 0.840 bits per heavy atom. The van der Waals surface area contributed by atoms with Gasteiger partial charge in [-0.05, 0) is 46.9 Å². The van der Waals surface area contributed by atoms with Crippen molar-refractivity contribution in [3.05, 3.63) is 107 Å². The van der Waals surface area contributed by atoms with Gasteiger partial charge in [-0.2, -0.15) is 0 Å². The minimum absolute atomic E-state index is 0.551. The van der Waals surface area contributed by atoms with Crippen molar-refractivity contribution in [3.63, 3.8) is 0 Å². The number of benzene rings is 2. The highest BCUT2D eigenvalue weighted by atomic mass is 16.5. The van der Waals surface area contributed by atoms with Crippen LogP contribution in [0, 0.1) is 0 Å². The zero-order chi connectivity index (χ0) is 17.1. The van der Waals surface area contributed by atoms with E-state index in [1.807, 2.05) is 24.3 Å². The lowest BCUT2D eigenvalue weighted by atomic mass is 9.90. The maximum Gasteiger partial charge on any atom is 0.127 e. The molecule has 2 aromatic carbocycles. The highest BCUT2D eigenvalue weighted by Crippen LogP contribution is 2.38. The Labute approximate surface area is 148 Å². The Morgan fingerprint density at radius 3 is 2.40 bits per heavy atom. The number of fused-ring (bicyclic) bond motifs is 1. The molecule has 2 aliphatic rings. The van der Waals surface area contributed by atoms with E-state index < -0.39 is 0 Å². The summed E-state index contributed by atoms with van der Waals surface area (Å²) < 4.78 is 11.3. The lowest BCUT2D eigenvalue weighted by Crippen LogP contribution is -1.98. The van der Waals surface area contributed by atoms with Crippen LogP contribution in [0.5, 0.6) is 5.75 Å². The van der Waals surface area contributed by atoms with E-state index in [9.17, 15) is 0 Å². The van der Waals surface area contributed by atoms with E-state index in [1.165, 1.54) is 22.3 Å². The molecular formula is C23H20O2. The minimum atomic E-state index is 0.551. The van der Waals surface area contributed by atoms with Crippen molar-refractivity contribution in [2.45, 2.75) is 13.0 Å². The Bertz CT molecular complexity index is 881. The van der Waals surface area contributed by atoms with E-state index in [1.54, 1.807) is 7.11 Å². The molecular weight excluding hydrogens is 308 g/mol. The lowest BCUT2D eigenvalue weighted by Gasteiger charge is -2.16.